The summed E-state index contributed by atoms with van der Waals surface area (Å²) in [7, 11) is 0. The van der Waals surface area contributed by atoms with Gasteiger partial charge in [-0.2, -0.15) is 0 Å². The summed E-state index contributed by atoms with van der Waals surface area (Å²) < 4.78 is 20.2. The molecule has 1 N–H and O–H groups in total. The van der Waals surface area contributed by atoms with E-state index < -0.39 is 23.7 Å². The zero-order chi connectivity index (χ0) is 20.9. The van der Waals surface area contributed by atoms with Crippen LogP contribution in [0.1, 0.15) is 47.8 Å². The van der Waals surface area contributed by atoms with Gasteiger partial charge in [-0.15, -0.1) is 0 Å². The molecule has 1 atom stereocenters. The number of anilines is 1. The highest BCUT2D eigenvalue weighted by molar-refractivity contribution is 6.08. The number of carbonyl (C=O) groups excluding carboxylic acids is 2. The molecule has 1 saturated carbocycles. The first kappa shape index (κ1) is 19.9. The first-order valence-corrected chi connectivity index (χ1v) is 10.1. The summed E-state index contributed by atoms with van der Waals surface area (Å²) in [5, 5.41) is 3.02. The smallest absolute Gasteiger partial charge is 0.294 e. The Bertz CT molecular complexity index is 998. The van der Waals surface area contributed by atoms with Crippen LogP contribution in [0.3, 0.4) is 0 Å². The Labute approximate surface area is 174 Å². The van der Waals surface area contributed by atoms with Gasteiger partial charge in [-0.25, -0.2) is 4.39 Å². The van der Waals surface area contributed by atoms with Crippen LogP contribution in [0.5, 0.6) is 0 Å². The molecule has 4 rings (SSSR count). The van der Waals surface area contributed by atoms with Gasteiger partial charge in [0.2, 0.25) is 5.91 Å². The van der Waals surface area contributed by atoms with Crippen LogP contribution in [0, 0.1) is 5.82 Å². The minimum Gasteiger partial charge on any atom is -0.459 e. The third-order valence-corrected chi connectivity index (χ3v) is 5.39. The third kappa shape index (κ3) is 4.13. The van der Waals surface area contributed by atoms with E-state index in [9.17, 15) is 14.0 Å². The van der Waals surface area contributed by atoms with E-state index in [1.807, 2.05) is 6.07 Å². The summed E-state index contributed by atoms with van der Waals surface area (Å²) in [5.41, 5.74) is 0.616. The maximum Gasteiger partial charge on any atom is 0.294 e. The van der Waals surface area contributed by atoms with Crippen LogP contribution in [-0.2, 0) is 4.79 Å². The largest absolute Gasteiger partial charge is 0.459 e. The van der Waals surface area contributed by atoms with Gasteiger partial charge < -0.3 is 9.73 Å². The molecule has 1 aromatic heterocycles. The molecular weight excluding hydrogens is 383 g/mol. The van der Waals surface area contributed by atoms with Crippen molar-refractivity contribution in [2.45, 2.75) is 37.8 Å². The number of para-hydroxylation sites is 1. The van der Waals surface area contributed by atoms with E-state index in [0.29, 0.717) is 5.69 Å². The summed E-state index contributed by atoms with van der Waals surface area (Å²) in [6, 6.07) is 16.8. The Balaban J connectivity index is 1.81. The normalized spacial score (nSPS) is 15.0. The number of carbonyl (C=O) groups is 2. The van der Waals surface area contributed by atoms with E-state index in [1.165, 1.54) is 23.3 Å². The van der Waals surface area contributed by atoms with Crippen LogP contribution in [0.4, 0.5) is 10.1 Å². The SMILES string of the molecule is O=C(NC1CCCC1)[C@@H](c1ccccc1F)N(C(=O)c1ccco1)c1ccccc1. The molecule has 2 amide bonds. The minimum atomic E-state index is -1.17. The zero-order valence-electron chi connectivity index (χ0n) is 16.5. The molecule has 0 radical (unpaired) electrons. The highest BCUT2D eigenvalue weighted by Gasteiger charge is 2.37. The molecule has 1 aliphatic carbocycles. The Hall–Kier alpha value is -3.41. The first-order valence-electron chi connectivity index (χ1n) is 10.1. The van der Waals surface area contributed by atoms with Crippen molar-refractivity contribution in [2.24, 2.45) is 0 Å². The van der Waals surface area contributed by atoms with Crippen LogP contribution in [0.2, 0.25) is 0 Å². The van der Waals surface area contributed by atoms with Gasteiger partial charge in [0.25, 0.3) is 5.91 Å². The summed E-state index contributed by atoms with van der Waals surface area (Å²) in [5.74, 6) is -1.39. The van der Waals surface area contributed by atoms with Gasteiger partial charge in [-0.3, -0.25) is 14.5 Å². The molecule has 0 aliphatic heterocycles. The molecular formula is C24H23FN2O3. The molecule has 30 heavy (non-hydrogen) atoms. The summed E-state index contributed by atoms with van der Waals surface area (Å²) in [4.78, 5) is 28.1. The topological polar surface area (TPSA) is 62.6 Å². The standard InChI is InChI=1S/C24H23FN2O3/c25-20-14-7-6-13-19(20)22(23(28)26-17-9-4-5-10-17)27(18-11-2-1-3-12-18)24(29)21-15-8-16-30-21/h1-3,6-8,11-17,22H,4-5,9-10H2,(H,26,28)/t22-/m1/s1. The van der Waals surface area contributed by atoms with Crippen molar-refractivity contribution in [1.82, 2.24) is 5.32 Å². The van der Waals surface area contributed by atoms with Gasteiger partial charge in [0.1, 0.15) is 11.9 Å². The predicted octanol–water partition coefficient (Wildman–Crippen LogP) is 4.87. The van der Waals surface area contributed by atoms with Crippen molar-refractivity contribution >= 4 is 17.5 Å². The van der Waals surface area contributed by atoms with Crippen LogP contribution in [-0.4, -0.2) is 17.9 Å². The molecule has 2 aromatic carbocycles. The monoisotopic (exact) mass is 406 g/mol. The van der Waals surface area contributed by atoms with Crippen molar-refractivity contribution in [3.8, 4) is 0 Å². The van der Waals surface area contributed by atoms with Gasteiger partial charge in [0.15, 0.2) is 5.76 Å². The van der Waals surface area contributed by atoms with Gasteiger partial charge >= 0.3 is 0 Å². The van der Waals surface area contributed by atoms with Crippen LogP contribution in [0.15, 0.2) is 77.4 Å². The van der Waals surface area contributed by atoms with Crippen LogP contribution < -0.4 is 10.2 Å². The fourth-order valence-corrected chi connectivity index (χ4v) is 3.94. The van der Waals surface area contributed by atoms with E-state index >= 15 is 0 Å². The molecule has 1 heterocycles. The summed E-state index contributed by atoms with van der Waals surface area (Å²) in [6.45, 7) is 0. The summed E-state index contributed by atoms with van der Waals surface area (Å²) >= 11 is 0. The Morgan fingerprint density at radius 1 is 0.967 bits per heavy atom. The van der Waals surface area contributed by atoms with Crippen LogP contribution >= 0.6 is 0 Å². The van der Waals surface area contributed by atoms with E-state index in [2.05, 4.69) is 5.32 Å². The Morgan fingerprint density at radius 2 is 1.67 bits per heavy atom. The number of nitrogens with zero attached hydrogens (tertiary/aromatic N) is 1. The molecule has 1 fully saturated rings. The maximum absolute atomic E-state index is 14.9. The third-order valence-electron chi connectivity index (χ3n) is 5.39. The van der Waals surface area contributed by atoms with Crippen molar-refractivity contribution in [3.63, 3.8) is 0 Å². The van der Waals surface area contributed by atoms with Gasteiger partial charge in [0.05, 0.1) is 6.26 Å². The lowest BCUT2D eigenvalue weighted by molar-refractivity contribution is -0.123. The summed E-state index contributed by atoms with van der Waals surface area (Å²) in [6.07, 6.45) is 5.25. The van der Waals surface area contributed by atoms with Crippen molar-refractivity contribution in [1.29, 1.82) is 0 Å². The Morgan fingerprint density at radius 3 is 2.33 bits per heavy atom. The van der Waals surface area contributed by atoms with Crippen molar-refractivity contribution in [3.05, 3.63) is 90.1 Å². The lowest BCUT2D eigenvalue weighted by atomic mass is 10.0. The molecule has 1 aliphatic rings. The first-order chi connectivity index (χ1) is 14.6. The molecule has 3 aromatic rings. The number of nitrogens with one attached hydrogen (secondary N) is 1. The second-order valence-electron chi connectivity index (χ2n) is 7.40. The zero-order valence-corrected chi connectivity index (χ0v) is 16.5. The number of hydrogen-bond acceptors (Lipinski definition) is 3. The number of rotatable bonds is 6. The van der Waals surface area contributed by atoms with Crippen molar-refractivity contribution in [2.75, 3.05) is 4.90 Å². The van der Waals surface area contributed by atoms with E-state index in [4.69, 9.17) is 4.42 Å². The number of hydrogen-bond donors (Lipinski definition) is 1. The van der Waals surface area contributed by atoms with E-state index in [1.54, 1.807) is 48.5 Å². The van der Waals surface area contributed by atoms with Crippen molar-refractivity contribution < 1.29 is 18.4 Å². The fourth-order valence-electron chi connectivity index (χ4n) is 3.94. The number of halogens is 1. The van der Waals surface area contributed by atoms with E-state index in [-0.39, 0.29) is 17.4 Å². The highest BCUT2D eigenvalue weighted by atomic mass is 19.1. The minimum absolute atomic E-state index is 0.0307. The molecule has 154 valence electrons. The quantitative estimate of drug-likeness (QED) is 0.636. The maximum atomic E-state index is 14.9. The average molecular weight is 406 g/mol. The van der Waals surface area contributed by atoms with E-state index in [0.717, 1.165) is 25.7 Å². The van der Waals surface area contributed by atoms with Crippen LogP contribution in [0.25, 0.3) is 0 Å². The predicted molar refractivity (Wildman–Crippen MR) is 111 cm³/mol. The fraction of sp³-hybridized carbons (Fsp3) is 0.250. The molecule has 0 spiro atoms. The number of benzene rings is 2. The lowest BCUT2D eigenvalue weighted by Crippen LogP contribution is -2.46. The number of amides is 2. The Kier molecular flexibility index (Phi) is 5.93. The molecule has 6 heteroatoms. The molecule has 0 saturated heterocycles. The second kappa shape index (κ2) is 8.95. The lowest BCUT2D eigenvalue weighted by Gasteiger charge is -2.32. The molecule has 0 unspecified atom stereocenters. The van der Waals surface area contributed by atoms with Gasteiger partial charge in [-0.05, 0) is 43.2 Å². The van der Waals surface area contributed by atoms with Gasteiger partial charge in [0, 0.05) is 17.3 Å². The average Bonchev–Trinajstić information content (AvgIpc) is 3.47. The molecule has 5 nitrogen and oxygen atoms in total. The van der Waals surface area contributed by atoms with Gasteiger partial charge in [-0.1, -0.05) is 49.2 Å². The molecule has 0 bridgehead atoms. The number of furan rings is 1. The second-order valence-corrected chi connectivity index (χ2v) is 7.40. The highest BCUT2D eigenvalue weighted by Crippen LogP contribution is 2.32.